The Labute approximate surface area is 159 Å². The van der Waals surface area contributed by atoms with E-state index in [0.717, 1.165) is 17.4 Å². The van der Waals surface area contributed by atoms with Crippen LogP contribution in [0, 0.1) is 0 Å². The number of halogens is 1. The molecule has 0 spiro atoms. The van der Waals surface area contributed by atoms with Gasteiger partial charge < -0.3 is 24.6 Å². The highest BCUT2D eigenvalue weighted by atomic mass is 79.9. The lowest BCUT2D eigenvalue weighted by atomic mass is 10.1. The van der Waals surface area contributed by atoms with E-state index in [1.54, 1.807) is 6.07 Å². The van der Waals surface area contributed by atoms with Gasteiger partial charge in [0.05, 0.1) is 4.47 Å². The van der Waals surface area contributed by atoms with E-state index in [0.29, 0.717) is 17.2 Å². The molecule has 0 saturated heterocycles. The summed E-state index contributed by atoms with van der Waals surface area (Å²) in [6.45, 7) is 5.60. The predicted molar refractivity (Wildman–Crippen MR) is 103 cm³/mol. The van der Waals surface area contributed by atoms with Gasteiger partial charge in [-0.25, -0.2) is 0 Å². The molecule has 1 aliphatic rings. The van der Waals surface area contributed by atoms with Crippen LogP contribution in [-0.4, -0.2) is 37.2 Å². The summed E-state index contributed by atoms with van der Waals surface area (Å²) in [5.74, 6) is 2.02. The number of hydrogen-bond donors (Lipinski definition) is 2. The van der Waals surface area contributed by atoms with Crippen molar-refractivity contribution in [2.24, 2.45) is 0 Å². The van der Waals surface area contributed by atoms with Crippen LogP contribution in [0.4, 0.5) is 0 Å². The number of unbranched alkanes of at least 4 members (excludes halogenated alkanes) is 5. The van der Waals surface area contributed by atoms with Gasteiger partial charge in [0.15, 0.2) is 11.5 Å². The quantitative estimate of drug-likeness (QED) is 0.499. The van der Waals surface area contributed by atoms with Gasteiger partial charge in [0, 0.05) is 18.2 Å². The third kappa shape index (κ3) is 6.68. The summed E-state index contributed by atoms with van der Waals surface area (Å²) < 4.78 is 17.2. The molecule has 2 atom stereocenters. The molecule has 1 aromatic rings. The van der Waals surface area contributed by atoms with Gasteiger partial charge in [-0.05, 0) is 35.8 Å². The first-order chi connectivity index (χ1) is 12.1. The van der Waals surface area contributed by atoms with E-state index in [1.807, 2.05) is 13.0 Å². The molecule has 0 saturated carbocycles. The molecule has 0 aliphatic carbocycles. The molecule has 0 bridgehead atoms. The van der Waals surface area contributed by atoms with Crippen molar-refractivity contribution in [1.29, 1.82) is 0 Å². The van der Waals surface area contributed by atoms with Gasteiger partial charge in [0.2, 0.25) is 6.79 Å². The lowest BCUT2D eigenvalue weighted by Gasteiger charge is -2.21. The van der Waals surface area contributed by atoms with Crippen molar-refractivity contribution in [1.82, 2.24) is 5.32 Å². The van der Waals surface area contributed by atoms with Crippen LogP contribution in [0.15, 0.2) is 16.6 Å². The zero-order valence-corrected chi connectivity index (χ0v) is 16.8. The molecular formula is C19H30BrNO4. The van der Waals surface area contributed by atoms with Gasteiger partial charge in [0.1, 0.15) is 18.5 Å². The fourth-order valence-electron chi connectivity index (χ4n) is 2.70. The lowest BCUT2D eigenvalue weighted by molar-refractivity contribution is 0.0781. The number of fused-ring (bicyclic) bond motifs is 1. The first kappa shape index (κ1) is 20.3. The molecule has 142 valence electrons. The second-order valence-corrected chi connectivity index (χ2v) is 7.38. The summed E-state index contributed by atoms with van der Waals surface area (Å²) in [5, 5.41) is 13.7. The minimum absolute atomic E-state index is 0.0107. The standard InChI is InChI=1S/C19H30BrNO4/c1-3-4-5-6-7-8-9-21-14(2)16(22)12-23-17-11-19-18(10-15(17)20)24-13-25-19/h10-11,14,16,21-22H,3-9,12-13H2,1-2H3. The van der Waals surface area contributed by atoms with Gasteiger partial charge in [0.25, 0.3) is 0 Å². The lowest BCUT2D eigenvalue weighted by Crippen LogP contribution is -2.41. The zero-order valence-electron chi connectivity index (χ0n) is 15.2. The van der Waals surface area contributed by atoms with Gasteiger partial charge in [-0.1, -0.05) is 39.0 Å². The number of hydrogen-bond acceptors (Lipinski definition) is 5. The van der Waals surface area contributed by atoms with Crippen LogP contribution in [0.3, 0.4) is 0 Å². The molecular weight excluding hydrogens is 386 g/mol. The normalized spacial score (nSPS) is 15.2. The van der Waals surface area contributed by atoms with E-state index >= 15 is 0 Å². The summed E-state index contributed by atoms with van der Waals surface area (Å²) in [4.78, 5) is 0. The average molecular weight is 416 g/mol. The smallest absolute Gasteiger partial charge is 0.231 e. The number of benzene rings is 1. The first-order valence-electron chi connectivity index (χ1n) is 9.25. The van der Waals surface area contributed by atoms with Crippen LogP contribution in [0.2, 0.25) is 0 Å². The second-order valence-electron chi connectivity index (χ2n) is 6.52. The first-order valence-corrected chi connectivity index (χ1v) is 10.0. The van der Waals surface area contributed by atoms with Crippen molar-refractivity contribution >= 4 is 15.9 Å². The molecule has 1 aliphatic heterocycles. The van der Waals surface area contributed by atoms with E-state index in [1.165, 1.54) is 32.1 Å². The van der Waals surface area contributed by atoms with Gasteiger partial charge in [-0.15, -0.1) is 0 Å². The molecule has 0 radical (unpaired) electrons. The second kappa shape index (κ2) is 10.9. The Kier molecular flexibility index (Phi) is 8.85. The third-order valence-electron chi connectivity index (χ3n) is 4.41. The Bertz CT molecular complexity index is 526. The number of aliphatic hydroxyl groups excluding tert-OH is 1. The molecule has 25 heavy (non-hydrogen) atoms. The zero-order chi connectivity index (χ0) is 18.1. The summed E-state index contributed by atoms with van der Waals surface area (Å²) in [6.07, 6.45) is 7.06. The van der Waals surface area contributed by atoms with Crippen molar-refractivity contribution in [2.75, 3.05) is 19.9 Å². The van der Waals surface area contributed by atoms with E-state index in [4.69, 9.17) is 14.2 Å². The average Bonchev–Trinajstić information content (AvgIpc) is 3.05. The molecule has 1 aromatic carbocycles. The Hall–Kier alpha value is -0.980. The Balaban J connectivity index is 1.65. The maximum Gasteiger partial charge on any atom is 0.231 e. The molecule has 2 unspecified atom stereocenters. The number of ether oxygens (including phenoxy) is 3. The molecule has 0 aromatic heterocycles. The van der Waals surface area contributed by atoms with E-state index in [-0.39, 0.29) is 19.4 Å². The Morgan fingerprint density at radius 1 is 1.16 bits per heavy atom. The Morgan fingerprint density at radius 2 is 1.84 bits per heavy atom. The van der Waals surface area contributed by atoms with Crippen LogP contribution in [0.5, 0.6) is 17.2 Å². The summed E-state index contributed by atoms with van der Waals surface area (Å²) in [5.41, 5.74) is 0. The topological polar surface area (TPSA) is 60.0 Å². The fourth-order valence-corrected chi connectivity index (χ4v) is 3.14. The number of rotatable bonds is 12. The van der Waals surface area contributed by atoms with Crippen LogP contribution >= 0.6 is 15.9 Å². The van der Waals surface area contributed by atoms with Crippen LogP contribution in [-0.2, 0) is 0 Å². The summed E-state index contributed by atoms with van der Waals surface area (Å²) in [6, 6.07) is 3.60. The highest BCUT2D eigenvalue weighted by Crippen LogP contribution is 2.40. The van der Waals surface area contributed by atoms with Crippen molar-refractivity contribution in [3.63, 3.8) is 0 Å². The van der Waals surface area contributed by atoms with Crippen molar-refractivity contribution in [3.05, 3.63) is 16.6 Å². The molecule has 6 heteroatoms. The SMILES string of the molecule is CCCCCCCCNC(C)C(O)COc1cc2c(cc1Br)OCO2. The maximum absolute atomic E-state index is 10.3. The minimum Gasteiger partial charge on any atom is -0.489 e. The molecule has 0 fully saturated rings. The Morgan fingerprint density at radius 3 is 2.60 bits per heavy atom. The van der Waals surface area contributed by atoms with Crippen LogP contribution < -0.4 is 19.5 Å². The van der Waals surface area contributed by atoms with Gasteiger partial charge >= 0.3 is 0 Å². The highest BCUT2D eigenvalue weighted by Gasteiger charge is 2.19. The van der Waals surface area contributed by atoms with E-state index in [2.05, 4.69) is 28.2 Å². The molecule has 1 heterocycles. The van der Waals surface area contributed by atoms with Gasteiger partial charge in [-0.3, -0.25) is 0 Å². The highest BCUT2D eigenvalue weighted by molar-refractivity contribution is 9.10. The molecule has 0 amide bonds. The van der Waals surface area contributed by atoms with Crippen molar-refractivity contribution in [3.8, 4) is 17.2 Å². The number of aliphatic hydroxyl groups is 1. The largest absolute Gasteiger partial charge is 0.489 e. The number of nitrogens with one attached hydrogen (secondary N) is 1. The van der Waals surface area contributed by atoms with Crippen molar-refractivity contribution < 1.29 is 19.3 Å². The van der Waals surface area contributed by atoms with E-state index in [9.17, 15) is 5.11 Å². The molecule has 2 N–H and O–H groups in total. The summed E-state index contributed by atoms with van der Waals surface area (Å²) >= 11 is 3.46. The third-order valence-corrected chi connectivity index (χ3v) is 5.03. The monoisotopic (exact) mass is 415 g/mol. The summed E-state index contributed by atoms with van der Waals surface area (Å²) in [7, 11) is 0. The maximum atomic E-state index is 10.3. The predicted octanol–water partition coefficient (Wildman–Crippen LogP) is 4.26. The van der Waals surface area contributed by atoms with Crippen LogP contribution in [0.25, 0.3) is 0 Å². The van der Waals surface area contributed by atoms with Gasteiger partial charge in [-0.2, -0.15) is 0 Å². The van der Waals surface area contributed by atoms with Crippen molar-refractivity contribution in [2.45, 2.75) is 64.5 Å². The fraction of sp³-hybridized carbons (Fsp3) is 0.684. The molecule has 5 nitrogen and oxygen atoms in total. The minimum atomic E-state index is -0.572. The molecule has 2 rings (SSSR count). The van der Waals surface area contributed by atoms with E-state index < -0.39 is 6.10 Å². The van der Waals surface area contributed by atoms with Crippen LogP contribution in [0.1, 0.15) is 52.4 Å².